The fourth-order valence-corrected chi connectivity index (χ4v) is 1.89. The standard InChI is InChI=1S/C14H15N3O3/c1-2-17(9-12(18)19)14(20)16-11-7-3-5-10-6-4-8-15-13(10)11/h3-8H,2,9H2,1H3,(H,16,20)(H,18,19). The maximum atomic E-state index is 12.0. The highest BCUT2D eigenvalue weighted by Gasteiger charge is 2.15. The van der Waals surface area contributed by atoms with Crippen molar-refractivity contribution in [1.29, 1.82) is 0 Å². The second-order valence-electron chi connectivity index (χ2n) is 4.22. The number of aromatic nitrogens is 1. The van der Waals surface area contributed by atoms with Crippen molar-refractivity contribution in [2.24, 2.45) is 0 Å². The number of likely N-dealkylation sites (N-methyl/N-ethyl adjacent to an activating group) is 1. The van der Waals surface area contributed by atoms with Gasteiger partial charge in [0.15, 0.2) is 0 Å². The van der Waals surface area contributed by atoms with Gasteiger partial charge in [-0.1, -0.05) is 18.2 Å². The van der Waals surface area contributed by atoms with Crippen molar-refractivity contribution in [3.05, 3.63) is 36.5 Å². The van der Waals surface area contributed by atoms with Gasteiger partial charge in [0.1, 0.15) is 6.54 Å². The molecule has 2 aromatic rings. The average molecular weight is 273 g/mol. The molecule has 0 aliphatic heterocycles. The maximum absolute atomic E-state index is 12.0. The summed E-state index contributed by atoms with van der Waals surface area (Å²) in [5.74, 6) is -1.04. The maximum Gasteiger partial charge on any atom is 0.323 e. The molecule has 2 amide bonds. The van der Waals surface area contributed by atoms with E-state index in [0.717, 1.165) is 5.39 Å². The molecule has 0 bridgehead atoms. The number of anilines is 1. The van der Waals surface area contributed by atoms with Gasteiger partial charge in [-0.15, -0.1) is 0 Å². The summed E-state index contributed by atoms with van der Waals surface area (Å²) in [6.07, 6.45) is 1.65. The minimum absolute atomic E-state index is 0.316. The van der Waals surface area contributed by atoms with Crippen molar-refractivity contribution >= 4 is 28.6 Å². The summed E-state index contributed by atoms with van der Waals surface area (Å²) in [6.45, 7) is 1.71. The van der Waals surface area contributed by atoms with Crippen molar-refractivity contribution in [2.75, 3.05) is 18.4 Å². The number of hydrogen-bond donors (Lipinski definition) is 2. The first kappa shape index (κ1) is 13.8. The van der Waals surface area contributed by atoms with E-state index in [4.69, 9.17) is 5.11 Å². The lowest BCUT2D eigenvalue weighted by atomic mass is 10.2. The zero-order chi connectivity index (χ0) is 14.5. The lowest BCUT2D eigenvalue weighted by Crippen LogP contribution is -2.38. The molecule has 0 aliphatic carbocycles. The smallest absolute Gasteiger partial charge is 0.323 e. The van der Waals surface area contributed by atoms with Gasteiger partial charge in [0.05, 0.1) is 11.2 Å². The van der Waals surface area contributed by atoms with Crippen molar-refractivity contribution in [3.8, 4) is 0 Å². The Labute approximate surface area is 116 Å². The largest absolute Gasteiger partial charge is 0.480 e. The van der Waals surface area contributed by atoms with Crippen LogP contribution < -0.4 is 5.32 Å². The van der Waals surface area contributed by atoms with Crippen molar-refractivity contribution in [3.63, 3.8) is 0 Å². The number of para-hydroxylation sites is 1. The molecular formula is C14H15N3O3. The summed E-state index contributed by atoms with van der Waals surface area (Å²) in [7, 11) is 0. The molecule has 0 unspecified atom stereocenters. The molecule has 0 aliphatic rings. The van der Waals surface area contributed by atoms with Crippen molar-refractivity contribution in [2.45, 2.75) is 6.92 Å². The fourth-order valence-electron chi connectivity index (χ4n) is 1.89. The van der Waals surface area contributed by atoms with E-state index in [0.29, 0.717) is 17.7 Å². The Kier molecular flexibility index (Phi) is 4.14. The highest BCUT2D eigenvalue weighted by molar-refractivity contribution is 6.00. The van der Waals surface area contributed by atoms with E-state index < -0.39 is 12.0 Å². The lowest BCUT2D eigenvalue weighted by Gasteiger charge is -2.19. The number of fused-ring (bicyclic) bond motifs is 1. The van der Waals surface area contributed by atoms with Crippen LogP contribution in [0.15, 0.2) is 36.5 Å². The third-order valence-electron chi connectivity index (χ3n) is 2.87. The minimum atomic E-state index is -1.04. The zero-order valence-electron chi connectivity index (χ0n) is 11.0. The monoisotopic (exact) mass is 273 g/mol. The molecule has 2 N–H and O–H groups in total. The third-order valence-corrected chi connectivity index (χ3v) is 2.87. The summed E-state index contributed by atoms with van der Waals surface area (Å²) in [6, 6.07) is 8.71. The van der Waals surface area contributed by atoms with Crippen LogP contribution in [0.3, 0.4) is 0 Å². The van der Waals surface area contributed by atoms with Gasteiger partial charge in [0, 0.05) is 18.1 Å². The first-order valence-corrected chi connectivity index (χ1v) is 6.23. The van der Waals surface area contributed by atoms with Crippen molar-refractivity contribution < 1.29 is 14.7 Å². The molecule has 0 fully saturated rings. The third kappa shape index (κ3) is 3.03. The van der Waals surface area contributed by atoms with Crippen LogP contribution in [0.4, 0.5) is 10.5 Å². The minimum Gasteiger partial charge on any atom is -0.480 e. The number of carbonyl (C=O) groups is 2. The average Bonchev–Trinajstić information content (AvgIpc) is 2.45. The number of nitrogens with one attached hydrogen (secondary N) is 1. The SMILES string of the molecule is CCN(CC(=O)O)C(=O)Nc1cccc2cccnc12. The van der Waals surface area contributed by atoms with Gasteiger partial charge in [-0.2, -0.15) is 0 Å². The van der Waals surface area contributed by atoms with Crippen LogP contribution in [0.25, 0.3) is 10.9 Å². The molecule has 1 heterocycles. The van der Waals surface area contributed by atoms with Crippen LogP contribution in [-0.2, 0) is 4.79 Å². The van der Waals surface area contributed by atoms with Gasteiger partial charge in [-0.05, 0) is 19.1 Å². The van der Waals surface area contributed by atoms with E-state index in [2.05, 4.69) is 10.3 Å². The molecule has 0 spiro atoms. The molecule has 1 aromatic heterocycles. The Bertz CT molecular complexity index is 637. The van der Waals surface area contributed by atoms with E-state index in [1.165, 1.54) is 4.90 Å². The molecule has 104 valence electrons. The topological polar surface area (TPSA) is 82.5 Å². The van der Waals surface area contributed by atoms with Gasteiger partial charge in [-0.25, -0.2) is 4.79 Å². The van der Waals surface area contributed by atoms with Crippen molar-refractivity contribution in [1.82, 2.24) is 9.88 Å². The van der Waals surface area contributed by atoms with E-state index >= 15 is 0 Å². The predicted octanol–water partition coefficient (Wildman–Crippen LogP) is 2.17. The number of hydrogen-bond acceptors (Lipinski definition) is 3. The molecule has 6 heteroatoms. The molecule has 0 saturated carbocycles. The van der Waals surface area contributed by atoms with Crippen LogP contribution in [-0.4, -0.2) is 40.1 Å². The number of benzene rings is 1. The van der Waals surface area contributed by atoms with Gasteiger partial charge < -0.3 is 15.3 Å². The summed E-state index contributed by atoms with van der Waals surface area (Å²) < 4.78 is 0. The van der Waals surface area contributed by atoms with E-state index in [1.807, 2.05) is 24.3 Å². The predicted molar refractivity (Wildman–Crippen MR) is 75.6 cm³/mol. The molecule has 0 radical (unpaired) electrons. The number of carboxylic acid groups (broad SMARTS) is 1. The van der Waals surface area contributed by atoms with Gasteiger partial charge in [0.25, 0.3) is 0 Å². The highest BCUT2D eigenvalue weighted by atomic mass is 16.4. The molecule has 1 aromatic carbocycles. The van der Waals surface area contributed by atoms with Crippen LogP contribution in [0.1, 0.15) is 6.92 Å². The molecule has 6 nitrogen and oxygen atoms in total. The molecule has 2 rings (SSSR count). The number of carboxylic acids is 1. The number of carbonyl (C=O) groups excluding carboxylic acids is 1. The number of nitrogens with zero attached hydrogens (tertiary/aromatic N) is 2. The van der Waals surface area contributed by atoms with Gasteiger partial charge in [0.2, 0.25) is 0 Å². The van der Waals surface area contributed by atoms with E-state index in [1.54, 1.807) is 19.2 Å². The van der Waals surface area contributed by atoms with Crippen LogP contribution in [0.2, 0.25) is 0 Å². The Morgan fingerprint density at radius 1 is 1.30 bits per heavy atom. The zero-order valence-corrected chi connectivity index (χ0v) is 11.0. The summed E-state index contributed by atoms with van der Waals surface area (Å²) in [5.41, 5.74) is 1.24. The second-order valence-corrected chi connectivity index (χ2v) is 4.22. The first-order valence-electron chi connectivity index (χ1n) is 6.23. The van der Waals surface area contributed by atoms with Gasteiger partial charge >= 0.3 is 12.0 Å². The molecular weight excluding hydrogens is 258 g/mol. The van der Waals surface area contributed by atoms with E-state index in [9.17, 15) is 9.59 Å². The van der Waals surface area contributed by atoms with Gasteiger partial charge in [-0.3, -0.25) is 9.78 Å². The summed E-state index contributed by atoms with van der Waals surface area (Å²) in [5, 5.41) is 12.4. The fraction of sp³-hybridized carbons (Fsp3) is 0.214. The number of rotatable bonds is 4. The summed E-state index contributed by atoms with van der Waals surface area (Å²) in [4.78, 5) is 28.2. The summed E-state index contributed by atoms with van der Waals surface area (Å²) >= 11 is 0. The molecule has 0 atom stereocenters. The number of aliphatic carboxylic acids is 1. The quantitative estimate of drug-likeness (QED) is 0.894. The number of amides is 2. The number of pyridine rings is 1. The molecule has 0 saturated heterocycles. The Morgan fingerprint density at radius 3 is 2.75 bits per heavy atom. The van der Waals surface area contributed by atoms with Crippen LogP contribution in [0, 0.1) is 0 Å². The van der Waals surface area contributed by atoms with E-state index in [-0.39, 0.29) is 6.54 Å². The number of urea groups is 1. The Hall–Kier alpha value is -2.63. The molecule has 20 heavy (non-hydrogen) atoms. The van der Waals surface area contributed by atoms with Crippen LogP contribution >= 0.6 is 0 Å². The Morgan fingerprint density at radius 2 is 2.05 bits per heavy atom. The Balaban J connectivity index is 2.23. The normalized spacial score (nSPS) is 10.2. The van der Waals surface area contributed by atoms with Crippen LogP contribution in [0.5, 0.6) is 0 Å². The second kappa shape index (κ2) is 6.01. The first-order chi connectivity index (χ1) is 9.61. The lowest BCUT2D eigenvalue weighted by molar-refractivity contribution is -0.137. The highest BCUT2D eigenvalue weighted by Crippen LogP contribution is 2.20.